The molecule has 2 aromatic carbocycles. The van der Waals surface area contributed by atoms with Crippen LogP contribution in [0.15, 0.2) is 60.8 Å². The van der Waals surface area contributed by atoms with Crippen LogP contribution < -0.4 is 0 Å². The van der Waals surface area contributed by atoms with Gasteiger partial charge in [-0.15, -0.1) is 0 Å². The fraction of sp³-hybridized carbons (Fsp3) is 0.125. The highest BCUT2D eigenvalue weighted by Gasteiger charge is 2.14. The Labute approximate surface area is 116 Å². The fourth-order valence-electron chi connectivity index (χ4n) is 2.47. The topological polar surface area (TPSA) is 48.1 Å². The summed E-state index contributed by atoms with van der Waals surface area (Å²) >= 11 is 0. The van der Waals surface area contributed by atoms with Gasteiger partial charge in [-0.2, -0.15) is 0 Å². The highest BCUT2D eigenvalue weighted by Crippen LogP contribution is 2.26. The highest BCUT2D eigenvalue weighted by atomic mass is 16.6. The van der Waals surface area contributed by atoms with Gasteiger partial charge in [-0.25, -0.2) is 0 Å². The molecule has 0 aliphatic heterocycles. The summed E-state index contributed by atoms with van der Waals surface area (Å²) in [7, 11) is 0. The Morgan fingerprint density at radius 1 is 1.00 bits per heavy atom. The first-order valence-electron chi connectivity index (χ1n) is 6.52. The number of nitrogens with zero attached hydrogens (tertiary/aromatic N) is 2. The van der Waals surface area contributed by atoms with E-state index in [-0.39, 0.29) is 10.6 Å². The van der Waals surface area contributed by atoms with Crippen LogP contribution in [-0.2, 0) is 13.0 Å². The summed E-state index contributed by atoms with van der Waals surface area (Å²) in [5.41, 5.74) is 2.10. The molecule has 0 unspecified atom stereocenters. The molecule has 100 valence electrons. The molecule has 0 radical (unpaired) electrons. The number of hydrogen-bond donors (Lipinski definition) is 0. The fourth-order valence-corrected chi connectivity index (χ4v) is 2.47. The third-order valence-corrected chi connectivity index (χ3v) is 3.45. The first-order chi connectivity index (χ1) is 9.75. The van der Waals surface area contributed by atoms with Crippen molar-refractivity contribution in [3.05, 3.63) is 76.5 Å². The maximum atomic E-state index is 11.1. The van der Waals surface area contributed by atoms with E-state index in [9.17, 15) is 10.1 Å². The molecule has 0 aliphatic rings. The number of aryl methyl sites for hydroxylation is 2. The average molecular weight is 266 g/mol. The Morgan fingerprint density at radius 2 is 1.80 bits per heavy atom. The van der Waals surface area contributed by atoms with Crippen molar-refractivity contribution in [3.8, 4) is 0 Å². The third-order valence-electron chi connectivity index (χ3n) is 3.45. The zero-order chi connectivity index (χ0) is 13.9. The molecule has 0 saturated carbocycles. The van der Waals surface area contributed by atoms with Gasteiger partial charge in [0.15, 0.2) is 0 Å². The number of nitro groups is 1. The maximum absolute atomic E-state index is 11.1. The molecular weight excluding hydrogens is 252 g/mol. The molecule has 1 heterocycles. The van der Waals surface area contributed by atoms with Crippen LogP contribution in [0.4, 0.5) is 5.69 Å². The first-order valence-corrected chi connectivity index (χ1v) is 6.52. The van der Waals surface area contributed by atoms with Crippen molar-refractivity contribution in [2.45, 2.75) is 13.0 Å². The largest absolute Gasteiger partial charge is 0.342 e. The molecule has 0 fully saturated rings. The van der Waals surface area contributed by atoms with E-state index in [2.05, 4.69) is 12.1 Å². The van der Waals surface area contributed by atoms with Crippen molar-refractivity contribution in [3.63, 3.8) is 0 Å². The monoisotopic (exact) mass is 266 g/mol. The van der Waals surface area contributed by atoms with E-state index < -0.39 is 0 Å². The van der Waals surface area contributed by atoms with E-state index in [0.717, 1.165) is 18.4 Å². The molecular formula is C16H14N2O2. The molecule has 0 aliphatic carbocycles. The van der Waals surface area contributed by atoms with Gasteiger partial charge in [0.25, 0.3) is 5.69 Å². The van der Waals surface area contributed by atoms with Crippen molar-refractivity contribution in [2.24, 2.45) is 0 Å². The van der Waals surface area contributed by atoms with E-state index in [0.29, 0.717) is 5.52 Å². The lowest BCUT2D eigenvalue weighted by atomic mass is 10.1. The molecule has 0 amide bonds. The second-order valence-corrected chi connectivity index (χ2v) is 4.72. The summed E-state index contributed by atoms with van der Waals surface area (Å²) in [5, 5.41) is 12.0. The summed E-state index contributed by atoms with van der Waals surface area (Å²) < 4.78 is 1.96. The van der Waals surface area contributed by atoms with Gasteiger partial charge in [0, 0.05) is 24.2 Å². The van der Waals surface area contributed by atoms with E-state index in [1.165, 1.54) is 5.56 Å². The van der Waals surface area contributed by atoms with E-state index >= 15 is 0 Å². The number of benzene rings is 2. The number of rotatable bonds is 4. The molecule has 0 N–H and O–H groups in total. The zero-order valence-electron chi connectivity index (χ0n) is 10.9. The van der Waals surface area contributed by atoms with Crippen molar-refractivity contribution < 1.29 is 4.92 Å². The Kier molecular flexibility index (Phi) is 3.21. The van der Waals surface area contributed by atoms with Crippen LogP contribution in [0.1, 0.15) is 5.56 Å². The second-order valence-electron chi connectivity index (χ2n) is 4.72. The summed E-state index contributed by atoms with van der Waals surface area (Å²) in [4.78, 5) is 10.8. The molecule has 0 bridgehead atoms. The maximum Gasteiger partial charge on any atom is 0.293 e. The van der Waals surface area contributed by atoms with Crippen molar-refractivity contribution in [1.29, 1.82) is 0 Å². The smallest absolute Gasteiger partial charge is 0.293 e. The number of aromatic nitrogens is 1. The van der Waals surface area contributed by atoms with Crippen LogP contribution in [-0.4, -0.2) is 9.49 Å². The molecule has 4 nitrogen and oxygen atoms in total. The quantitative estimate of drug-likeness (QED) is 0.532. The number of nitro benzene ring substituents is 1. The number of hydrogen-bond acceptors (Lipinski definition) is 2. The Hall–Kier alpha value is -2.62. The minimum Gasteiger partial charge on any atom is -0.342 e. The molecule has 1 aromatic heterocycles. The summed E-state index contributed by atoms with van der Waals surface area (Å²) in [6.45, 7) is 0.734. The van der Waals surface area contributed by atoms with Gasteiger partial charge >= 0.3 is 0 Å². The van der Waals surface area contributed by atoms with E-state index in [4.69, 9.17) is 0 Å². The minimum atomic E-state index is -0.318. The average Bonchev–Trinajstić information content (AvgIpc) is 2.89. The van der Waals surface area contributed by atoms with Gasteiger partial charge in [-0.3, -0.25) is 10.1 Å². The normalized spacial score (nSPS) is 10.8. The molecule has 20 heavy (non-hydrogen) atoms. The molecule has 3 aromatic rings. The summed E-state index contributed by atoms with van der Waals surface area (Å²) in [6, 6.07) is 17.2. The van der Waals surface area contributed by atoms with Gasteiger partial charge in [-0.05, 0) is 18.1 Å². The van der Waals surface area contributed by atoms with Crippen LogP contribution in [0.3, 0.4) is 0 Å². The standard InChI is InChI=1S/C16H14N2O2/c19-18(20)15-8-4-7-14-10-12-17(16(14)15)11-9-13-5-2-1-3-6-13/h1-8,10,12H,9,11H2. The van der Waals surface area contributed by atoms with Gasteiger partial charge in [0.05, 0.1) is 4.92 Å². The Morgan fingerprint density at radius 3 is 2.55 bits per heavy atom. The van der Waals surface area contributed by atoms with Gasteiger partial charge < -0.3 is 4.57 Å². The van der Waals surface area contributed by atoms with Crippen LogP contribution in [0.25, 0.3) is 10.9 Å². The number of non-ortho nitro benzene ring substituents is 1. The van der Waals surface area contributed by atoms with Crippen molar-refractivity contribution in [2.75, 3.05) is 0 Å². The van der Waals surface area contributed by atoms with Gasteiger partial charge in [0.2, 0.25) is 0 Å². The van der Waals surface area contributed by atoms with Crippen LogP contribution >= 0.6 is 0 Å². The molecule has 0 spiro atoms. The van der Waals surface area contributed by atoms with Gasteiger partial charge in [0.1, 0.15) is 5.52 Å². The summed E-state index contributed by atoms with van der Waals surface area (Å²) in [6.07, 6.45) is 2.78. The minimum absolute atomic E-state index is 0.167. The predicted molar refractivity (Wildman–Crippen MR) is 78.7 cm³/mol. The second kappa shape index (κ2) is 5.17. The number of fused-ring (bicyclic) bond motifs is 1. The lowest BCUT2D eigenvalue weighted by Gasteiger charge is -2.06. The Balaban J connectivity index is 1.94. The third kappa shape index (κ3) is 2.28. The van der Waals surface area contributed by atoms with Gasteiger partial charge in [-0.1, -0.05) is 42.5 Å². The van der Waals surface area contributed by atoms with E-state index in [1.807, 2.05) is 41.1 Å². The lowest BCUT2D eigenvalue weighted by molar-refractivity contribution is -0.383. The molecule has 3 rings (SSSR count). The lowest BCUT2D eigenvalue weighted by Crippen LogP contribution is -2.01. The molecule has 0 saturated heterocycles. The Bertz CT molecular complexity index is 748. The first kappa shape index (κ1) is 12.4. The SMILES string of the molecule is O=[N+]([O-])c1cccc2ccn(CCc3ccccc3)c12. The van der Waals surface area contributed by atoms with E-state index in [1.54, 1.807) is 12.1 Å². The predicted octanol–water partition coefficient (Wildman–Crippen LogP) is 3.79. The van der Waals surface area contributed by atoms with Crippen LogP contribution in [0, 0.1) is 10.1 Å². The summed E-state index contributed by atoms with van der Waals surface area (Å²) in [5.74, 6) is 0. The van der Waals surface area contributed by atoms with Crippen LogP contribution in [0.2, 0.25) is 0 Å². The highest BCUT2D eigenvalue weighted by molar-refractivity contribution is 5.88. The number of para-hydroxylation sites is 1. The van der Waals surface area contributed by atoms with Crippen molar-refractivity contribution >= 4 is 16.6 Å². The molecule has 4 heteroatoms. The zero-order valence-corrected chi connectivity index (χ0v) is 10.9. The molecule has 0 atom stereocenters. The van der Waals surface area contributed by atoms with Crippen molar-refractivity contribution in [1.82, 2.24) is 4.57 Å². The van der Waals surface area contributed by atoms with Crippen LogP contribution in [0.5, 0.6) is 0 Å².